The van der Waals surface area contributed by atoms with Crippen LogP contribution in [0.1, 0.15) is 5.69 Å². The molecule has 1 aromatic heterocycles. The number of halogens is 2. The van der Waals surface area contributed by atoms with Gasteiger partial charge in [0.1, 0.15) is 12.4 Å². The van der Waals surface area contributed by atoms with Crippen molar-refractivity contribution in [3.8, 4) is 5.75 Å². The van der Waals surface area contributed by atoms with Crippen molar-refractivity contribution in [2.45, 2.75) is 13.0 Å². The van der Waals surface area contributed by atoms with Gasteiger partial charge in [0.15, 0.2) is 0 Å². The molecule has 0 fully saturated rings. The Morgan fingerprint density at radius 2 is 2.30 bits per heavy atom. The SMILES string of the molecule is O=C(O)Cc1cn(CCOc2ccc(Cl)cc2Br)nn1. The number of aromatic nitrogens is 3. The molecule has 8 heteroatoms. The molecule has 0 unspecified atom stereocenters. The first-order valence-electron chi connectivity index (χ1n) is 5.73. The van der Waals surface area contributed by atoms with Crippen molar-refractivity contribution >= 4 is 33.5 Å². The van der Waals surface area contributed by atoms with E-state index in [2.05, 4.69) is 26.2 Å². The standard InChI is InChI=1S/C12H11BrClN3O3/c13-10-5-8(14)1-2-11(10)20-4-3-17-7-9(15-16-17)6-12(18)19/h1-2,5,7H,3-4,6H2,(H,18,19). The smallest absolute Gasteiger partial charge is 0.309 e. The fraction of sp³-hybridized carbons (Fsp3) is 0.250. The maximum absolute atomic E-state index is 10.5. The Morgan fingerprint density at radius 1 is 1.50 bits per heavy atom. The number of carboxylic acids is 1. The first-order valence-corrected chi connectivity index (χ1v) is 6.90. The molecule has 2 rings (SSSR count). The molecule has 2 aromatic rings. The summed E-state index contributed by atoms with van der Waals surface area (Å²) < 4.78 is 7.89. The minimum Gasteiger partial charge on any atom is -0.490 e. The van der Waals surface area contributed by atoms with Crippen LogP contribution in [0, 0.1) is 0 Å². The summed E-state index contributed by atoms with van der Waals surface area (Å²) in [5.41, 5.74) is 0.421. The Balaban J connectivity index is 1.86. The third-order valence-corrected chi connectivity index (χ3v) is 3.25. The zero-order valence-electron chi connectivity index (χ0n) is 10.3. The third-order valence-electron chi connectivity index (χ3n) is 2.39. The molecule has 0 bridgehead atoms. The molecule has 0 amide bonds. The largest absolute Gasteiger partial charge is 0.490 e. The molecule has 1 N–H and O–H groups in total. The highest BCUT2D eigenvalue weighted by Gasteiger charge is 2.06. The lowest BCUT2D eigenvalue weighted by molar-refractivity contribution is -0.136. The minimum absolute atomic E-state index is 0.135. The first-order chi connectivity index (χ1) is 9.54. The van der Waals surface area contributed by atoms with Crippen LogP contribution in [0.3, 0.4) is 0 Å². The third kappa shape index (κ3) is 4.21. The highest BCUT2D eigenvalue weighted by atomic mass is 79.9. The molecule has 20 heavy (non-hydrogen) atoms. The summed E-state index contributed by atoms with van der Waals surface area (Å²) in [6, 6.07) is 5.25. The fourth-order valence-electron chi connectivity index (χ4n) is 1.53. The predicted molar refractivity (Wildman–Crippen MR) is 76.0 cm³/mol. The monoisotopic (exact) mass is 359 g/mol. The quantitative estimate of drug-likeness (QED) is 0.856. The van der Waals surface area contributed by atoms with Gasteiger partial charge in [-0.15, -0.1) is 5.10 Å². The Bertz CT molecular complexity index is 618. The number of carbonyl (C=O) groups is 1. The van der Waals surface area contributed by atoms with Gasteiger partial charge in [0, 0.05) is 11.2 Å². The van der Waals surface area contributed by atoms with Gasteiger partial charge in [0.25, 0.3) is 0 Å². The summed E-state index contributed by atoms with van der Waals surface area (Å²) in [6.45, 7) is 0.859. The second kappa shape index (κ2) is 6.71. The number of carboxylic acid groups (broad SMARTS) is 1. The van der Waals surface area contributed by atoms with Gasteiger partial charge in [0.05, 0.1) is 23.1 Å². The lowest BCUT2D eigenvalue weighted by Gasteiger charge is -2.08. The summed E-state index contributed by atoms with van der Waals surface area (Å²) in [4.78, 5) is 10.5. The van der Waals surface area contributed by atoms with Crippen LogP contribution in [0.2, 0.25) is 5.02 Å². The number of hydrogen-bond acceptors (Lipinski definition) is 4. The van der Waals surface area contributed by atoms with E-state index in [1.165, 1.54) is 0 Å². The molecule has 1 aromatic carbocycles. The molecule has 0 saturated carbocycles. The van der Waals surface area contributed by atoms with Crippen molar-refractivity contribution in [3.63, 3.8) is 0 Å². The molecule has 0 atom stereocenters. The van der Waals surface area contributed by atoms with Gasteiger partial charge in [-0.2, -0.15) is 0 Å². The summed E-state index contributed by atoms with van der Waals surface area (Å²) in [7, 11) is 0. The molecule has 6 nitrogen and oxygen atoms in total. The van der Waals surface area contributed by atoms with Crippen molar-refractivity contribution in [1.82, 2.24) is 15.0 Å². The number of rotatable bonds is 6. The van der Waals surface area contributed by atoms with E-state index in [4.69, 9.17) is 21.4 Å². The Kier molecular flexibility index (Phi) is 4.97. The van der Waals surface area contributed by atoms with Crippen molar-refractivity contribution < 1.29 is 14.6 Å². The minimum atomic E-state index is -0.932. The maximum atomic E-state index is 10.5. The van der Waals surface area contributed by atoms with Crippen molar-refractivity contribution in [2.24, 2.45) is 0 Å². The topological polar surface area (TPSA) is 77.2 Å². The predicted octanol–water partition coefficient (Wildman–Crippen LogP) is 2.40. The molecular formula is C12H11BrClN3O3. The zero-order chi connectivity index (χ0) is 14.5. The molecule has 0 aliphatic carbocycles. The van der Waals surface area contributed by atoms with Crippen molar-refractivity contribution in [3.05, 3.63) is 39.6 Å². The summed E-state index contributed by atoms with van der Waals surface area (Å²) in [5.74, 6) is -0.251. The molecule has 1 heterocycles. The molecule has 0 spiro atoms. The van der Waals surface area contributed by atoms with Crippen molar-refractivity contribution in [2.75, 3.05) is 6.61 Å². The lowest BCUT2D eigenvalue weighted by Crippen LogP contribution is -2.09. The van der Waals surface area contributed by atoms with E-state index in [1.54, 1.807) is 29.1 Å². The van der Waals surface area contributed by atoms with Crippen LogP contribution in [0.15, 0.2) is 28.9 Å². The van der Waals surface area contributed by atoms with Crippen LogP contribution in [0.5, 0.6) is 5.75 Å². The van der Waals surface area contributed by atoms with E-state index in [1.807, 2.05) is 0 Å². The number of hydrogen-bond donors (Lipinski definition) is 1. The van der Waals surface area contributed by atoms with E-state index in [9.17, 15) is 4.79 Å². The average molecular weight is 361 g/mol. The lowest BCUT2D eigenvalue weighted by atomic mass is 10.3. The van der Waals surface area contributed by atoms with Gasteiger partial charge in [-0.3, -0.25) is 4.79 Å². The molecular weight excluding hydrogens is 350 g/mol. The second-order valence-electron chi connectivity index (χ2n) is 3.97. The van der Waals surface area contributed by atoms with Crippen LogP contribution >= 0.6 is 27.5 Å². The molecule has 0 aliphatic heterocycles. The Morgan fingerprint density at radius 3 is 3.00 bits per heavy atom. The number of benzene rings is 1. The van der Waals surface area contributed by atoms with Crippen LogP contribution < -0.4 is 4.74 Å². The van der Waals surface area contributed by atoms with Gasteiger partial charge >= 0.3 is 5.97 Å². The molecule has 0 saturated heterocycles. The van der Waals surface area contributed by atoms with Gasteiger partial charge in [-0.25, -0.2) is 4.68 Å². The van der Waals surface area contributed by atoms with Crippen LogP contribution in [-0.2, 0) is 17.8 Å². The number of ether oxygens (including phenoxy) is 1. The molecule has 0 aliphatic rings. The van der Waals surface area contributed by atoms with E-state index < -0.39 is 5.97 Å². The zero-order valence-corrected chi connectivity index (χ0v) is 12.6. The van der Waals surface area contributed by atoms with Crippen LogP contribution in [-0.4, -0.2) is 32.7 Å². The highest BCUT2D eigenvalue weighted by Crippen LogP contribution is 2.27. The fourth-order valence-corrected chi connectivity index (χ4v) is 2.32. The van der Waals surface area contributed by atoms with Crippen LogP contribution in [0.4, 0.5) is 0 Å². The first kappa shape index (κ1) is 14.8. The van der Waals surface area contributed by atoms with E-state index in [0.29, 0.717) is 29.6 Å². The average Bonchev–Trinajstić information content (AvgIpc) is 2.79. The van der Waals surface area contributed by atoms with E-state index >= 15 is 0 Å². The van der Waals surface area contributed by atoms with Crippen molar-refractivity contribution in [1.29, 1.82) is 0 Å². The number of aliphatic carboxylic acids is 1. The molecule has 106 valence electrons. The molecule has 0 radical (unpaired) electrons. The van der Waals surface area contributed by atoms with Gasteiger partial charge < -0.3 is 9.84 Å². The highest BCUT2D eigenvalue weighted by molar-refractivity contribution is 9.10. The van der Waals surface area contributed by atoms with E-state index in [-0.39, 0.29) is 6.42 Å². The maximum Gasteiger partial charge on any atom is 0.309 e. The second-order valence-corrected chi connectivity index (χ2v) is 5.26. The van der Waals surface area contributed by atoms with Gasteiger partial charge in [-0.1, -0.05) is 16.8 Å². The Hall–Kier alpha value is -1.60. The van der Waals surface area contributed by atoms with Crippen LogP contribution in [0.25, 0.3) is 0 Å². The van der Waals surface area contributed by atoms with Gasteiger partial charge in [0.2, 0.25) is 0 Å². The Labute approximate surface area is 128 Å². The summed E-state index contributed by atoms with van der Waals surface area (Å²) >= 11 is 9.19. The van der Waals surface area contributed by atoms with Gasteiger partial charge in [-0.05, 0) is 34.1 Å². The summed E-state index contributed by atoms with van der Waals surface area (Å²) in [5, 5.41) is 16.8. The van der Waals surface area contributed by atoms with E-state index in [0.717, 1.165) is 4.47 Å². The normalized spacial score (nSPS) is 10.5. The summed E-state index contributed by atoms with van der Waals surface area (Å²) in [6.07, 6.45) is 1.46. The number of nitrogens with zero attached hydrogens (tertiary/aromatic N) is 3.